The molecule has 4 aromatic rings. The summed E-state index contributed by atoms with van der Waals surface area (Å²) in [5.74, 6) is 0. The number of hydrogen-bond acceptors (Lipinski definition) is 2. The lowest BCUT2D eigenvalue weighted by atomic mass is 10.0. The Labute approximate surface area is 199 Å². The molecule has 0 saturated carbocycles. The molecule has 0 unspecified atom stereocenters. The van der Waals surface area contributed by atoms with Crippen LogP contribution < -0.4 is 16.2 Å². The molecule has 0 aliphatic carbocycles. The Hall–Kier alpha value is -3.65. The van der Waals surface area contributed by atoms with E-state index in [-0.39, 0.29) is 10.9 Å². The molecule has 0 spiro atoms. The third-order valence-electron chi connectivity index (χ3n) is 5.41. The van der Waals surface area contributed by atoms with Gasteiger partial charge < -0.3 is 15.6 Å². The van der Waals surface area contributed by atoms with Crippen molar-refractivity contribution in [2.24, 2.45) is 0 Å². The second-order valence-electron chi connectivity index (χ2n) is 8.09. The molecular weight excluding hydrogens is 459 g/mol. The number of hydrogen-bond donors (Lipinski definition) is 3. The summed E-state index contributed by atoms with van der Waals surface area (Å²) < 4.78 is 40.2. The van der Waals surface area contributed by atoms with Crippen molar-refractivity contribution in [2.75, 3.05) is 5.32 Å². The molecule has 0 radical (unpaired) electrons. The first-order chi connectivity index (χ1) is 16.2. The van der Waals surface area contributed by atoms with Crippen LogP contribution in [0.2, 0.25) is 0 Å². The van der Waals surface area contributed by atoms with Gasteiger partial charge in [-0.3, -0.25) is 4.79 Å². The fourth-order valence-corrected chi connectivity index (χ4v) is 3.84. The summed E-state index contributed by atoms with van der Waals surface area (Å²) in [5.41, 5.74) is 3.22. The number of fused-ring (bicyclic) bond motifs is 1. The molecule has 0 fully saturated rings. The van der Waals surface area contributed by atoms with Gasteiger partial charge in [-0.1, -0.05) is 48.0 Å². The van der Waals surface area contributed by atoms with E-state index < -0.39 is 17.3 Å². The number of H-pyrrole nitrogens is 1. The van der Waals surface area contributed by atoms with Crippen LogP contribution in [0.3, 0.4) is 0 Å². The molecule has 1 aromatic heterocycles. The first-order valence-corrected chi connectivity index (χ1v) is 11.0. The van der Waals surface area contributed by atoms with Gasteiger partial charge in [-0.05, 0) is 66.5 Å². The molecule has 3 aromatic carbocycles. The second kappa shape index (κ2) is 9.69. The van der Waals surface area contributed by atoms with Gasteiger partial charge in [0.15, 0.2) is 5.11 Å². The highest BCUT2D eigenvalue weighted by atomic mass is 32.1. The van der Waals surface area contributed by atoms with Crippen LogP contribution in [-0.2, 0) is 19.1 Å². The van der Waals surface area contributed by atoms with Crippen molar-refractivity contribution >= 4 is 33.9 Å². The fraction of sp³-hybridized carbons (Fsp3) is 0.154. The molecule has 4 rings (SSSR count). The highest BCUT2D eigenvalue weighted by Crippen LogP contribution is 2.33. The molecule has 1 heterocycles. The monoisotopic (exact) mass is 481 g/mol. The zero-order valence-corrected chi connectivity index (χ0v) is 19.1. The lowest BCUT2D eigenvalue weighted by molar-refractivity contribution is -0.136. The predicted molar refractivity (Wildman–Crippen MR) is 133 cm³/mol. The number of thiocarbonyl (C=S) groups is 1. The number of alkyl halides is 3. The van der Waals surface area contributed by atoms with E-state index in [1.807, 2.05) is 55.5 Å². The van der Waals surface area contributed by atoms with Gasteiger partial charge >= 0.3 is 6.18 Å². The van der Waals surface area contributed by atoms with E-state index in [1.165, 1.54) is 17.7 Å². The van der Waals surface area contributed by atoms with Crippen LogP contribution in [0, 0.1) is 6.92 Å². The van der Waals surface area contributed by atoms with Gasteiger partial charge in [0.2, 0.25) is 5.56 Å². The summed E-state index contributed by atoms with van der Waals surface area (Å²) in [4.78, 5) is 14.0. The average molecular weight is 482 g/mol. The maximum absolute atomic E-state index is 13.4. The van der Waals surface area contributed by atoms with E-state index in [1.54, 1.807) is 6.07 Å². The summed E-state index contributed by atoms with van der Waals surface area (Å²) in [6, 6.07) is 21.0. The standard InChI is InChI=1S/C26H22F3N3OS/c1-16-2-4-18(5-3-16)15-30-25(34)31-20-9-6-17(7-10-20)12-19-8-11-23-21(13-19)22(26(27,28)29)14-24(33)32-23/h2-11,13-14H,12,15H2,1H3,(H,32,33)(H2,30,31,34). The number of aromatic nitrogens is 1. The lowest BCUT2D eigenvalue weighted by Crippen LogP contribution is -2.27. The number of aryl methyl sites for hydroxylation is 1. The van der Waals surface area contributed by atoms with Gasteiger partial charge in [0.05, 0.1) is 5.56 Å². The van der Waals surface area contributed by atoms with E-state index in [2.05, 4.69) is 15.6 Å². The number of anilines is 1. The van der Waals surface area contributed by atoms with Gasteiger partial charge in [-0.15, -0.1) is 0 Å². The summed E-state index contributed by atoms with van der Waals surface area (Å²) in [5, 5.41) is 6.77. The predicted octanol–water partition coefficient (Wildman–Crippen LogP) is 5.93. The molecule has 3 N–H and O–H groups in total. The minimum absolute atomic E-state index is 0.0205. The maximum Gasteiger partial charge on any atom is 0.417 e. The molecule has 0 aliphatic rings. The van der Waals surface area contributed by atoms with Gasteiger partial charge in [-0.2, -0.15) is 13.2 Å². The van der Waals surface area contributed by atoms with Crippen molar-refractivity contribution in [1.29, 1.82) is 0 Å². The van der Waals surface area contributed by atoms with Crippen LogP contribution in [0.25, 0.3) is 10.9 Å². The van der Waals surface area contributed by atoms with Gasteiger partial charge in [-0.25, -0.2) is 0 Å². The van der Waals surface area contributed by atoms with Crippen LogP contribution >= 0.6 is 12.2 Å². The summed E-state index contributed by atoms with van der Waals surface area (Å²) in [6.07, 6.45) is -4.16. The third-order valence-corrected chi connectivity index (χ3v) is 5.65. The molecular formula is C26H22F3N3OS. The SMILES string of the molecule is Cc1ccc(CNC(=S)Nc2ccc(Cc3ccc4[nH]c(=O)cc(C(F)(F)F)c4c3)cc2)cc1. The van der Waals surface area contributed by atoms with Crippen LogP contribution in [0.5, 0.6) is 0 Å². The number of aromatic amines is 1. The van der Waals surface area contributed by atoms with E-state index in [9.17, 15) is 18.0 Å². The van der Waals surface area contributed by atoms with E-state index >= 15 is 0 Å². The van der Waals surface area contributed by atoms with Gasteiger partial charge in [0.1, 0.15) is 0 Å². The van der Waals surface area contributed by atoms with Gasteiger partial charge in [0.25, 0.3) is 0 Å². The maximum atomic E-state index is 13.4. The van der Waals surface area contributed by atoms with E-state index in [4.69, 9.17) is 12.2 Å². The van der Waals surface area contributed by atoms with Crippen molar-refractivity contribution in [1.82, 2.24) is 10.3 Å². The molecule has 0 aliphatic heterocycles. The van der Waals surface area contributed by atoms with Gasteiger partial charge in [0, 0.05) is 29.2 Å². The quantitative estimate of drug-likeness (QED) is 0.309. The topological polar surface area (TPSA) is 56.9 Å². The Balaban J connectivity index is 1.42. The number of halogens is 3. The Morgan fingerprint density at radius 1 is 0.912 bits per heavy atom. The smallest absolute Gasteiger partial charge is 0.358 e. The van der Waals surface area contributed by atoms with Crippen LogP contribution in [0.4, 0.5) is 18.9 Å². The van der Waals surface area contributed by atoms with Crippen molar-refractivity contribution in [3.05, 3.63) is 111 Å². The van der Waals surface area contributed by atoms with E-state index in [0.29, 0.717) is 29.7 Å². The first kappa shape index (κ1) is 23.5. The van der Waals surface area contributed by atoms with Crippen LogP contribution in [0.1, 0.15) is 27.8 Å². The van der Waals surface area contributed by atoms with E-state index in [0.717, 1.165) is 16.8 Å². The van der Waals surface area contributed by atoms with Crippen LogP contribution in [0.15, 0.2) is 77.6 Å². The number of benzene rings is 3. The molecule has 8 heteroatoms. The van der Waals surface area contributed by atoms with Crippen molar-refractivity contribution < 1.29 is 13.2 Å². The van der Waals surface area contributed by atoms with Crippen LogP contribution in [-0.4, -0.2) is 10.1 Å². The Morgan fingerprint density at radius 3 is 2.24 bits per heavy atom. The van der Waals surface area contributed by atoms with Crippen molar-refractivity contribution in [3.63, 3.8) is 0 Å². The average Bonchev–Trinajstić information content (AvgIpc) is 2.79. The Morgan fingerprint density at radius 2 is 1.56 bits per heavy atom. The molecule has 0 amide bonds. The highest BCUT2D eigenvalue weighted by molar-refractivity contribution is 7.80. The zero-order valence-electron chi connectivity index (χ0n) is 18.3. The normalized spacial score (nSPS) is 11.4. The highest BCUT2D eigenvalue weighted by Gasteiger charge is 2.33. The molecule has 34 heavy (non-hydrogen) atoms. The summed E-state index contributed by atoms with van der Waals surface area (Å²) >= 11 is 5.36. The molecule has 0 bridgehead atoms. The molecule has 4 nitrogen and oxygen atoms in total. The number of nitrogens with one attached hydrogen (secondary N) is 3. The largest absolute Gasteiger partial charge is 0.417 e. The molecule has 0 atom stereocenters. The summed E-state index contributed by atoms with van der Waals surface area (Å²) in [6.45, 7) is 2.65. The number of rotatable bonds is 5. The molecule has 0 saturated heterocycles. The lowest BCUT2D eigenvalue weighted by Gasteiger charge is -2.12. The summed E-state index contributed by atoms with van der Waals surface area (Å²) in [7, 11) is 0. The first-order valence-electron chi connectivity index (χ1n) is 10.6. The zero-order chi connectivity index (χ0) is 24.3. The minimum Gasteiger partial charge on any atom is -0.358 e. The third kappa shape index (κ3) is 5.82. The van der Waals surface area contributed by atoms with Crippen molar-refractivity contribution in [2.45, 2.75) is 26.1 Å². The minimum atomic E-state index is -4.61. The number of pyridine rings is 1. The Bertz CT molecular complexity index is 1380. The van der Waals surface area contributed by atoms with Crippen molar-refractivity contribution in [3.8, 4) is 0 Å². The second-order valence-corrected chi connectivity index (χ2v) is 8.50. The molecule has 174 valence electrons. The Kier molecular flexibility index (Phi) is 6.70. The fourth-order valence-electron chi connectivity index (χ4n) is 3.65.